The van der Waals surface area contributed by atoms with Crippen molar-refractivity contribution in [2.24, 2.45) is 11.3 Å². The van der Waals surface area contributed by atoms with Crippen LogP contribution in [0.3, 0.4) is 0 Å². The number of aliphatic carboxylic acids is 1. The Morgan fingerprint density at radius 2 is 2.27 bits per heavy atom. The van der Waals surface area contributed by atoms with Gasteiger partial charge in [-0.15, -0.1) is 0 Å². The van der Waals surface area contributed by atoms with Gasteiger partial charge < -0.3 is 10.0 Å². The Morgan fingerprint density at radius 3 is 2.45 bits per heavy atom. The molecule has 2 unspecified atom stereocenters. The molecule has 2 atom stereocenters. The average molecular weight is 157 g/mol. The zero-order chi connectivity index (χ0) is 8.65. The van der Waals surface area contributed by atoms with Gasteiger partial charge >= 0.3 is 5.97 Å². The molecule has 1 N–H and O–H groups in total. The van der Waals surface area contributed by atoms with Crippen molar-refractivity contribution in [3.8, 4) is 0 Å². The largest absolute Gasteiger partial charge is 0.481 e. The molecule has 0 amide bonds. The van der Waals surface area contributed by atoms with Crippen molar-refractivity contribution >= 4 is 5.97 Å². The van der Waals surface area contributed by atoms with Gasteiger partial charge in [0.1, 0.15) is 0 Å². The van der Waals surface area contributed by atoms with E-state index in [1.807, 2.05) is 20.9 Å². The summed E-state index contributed by atoms with van der Waals surface area (Å²) in [7, 11) is 1.96. The van der Waals surface area contributed by atoms with Crippen molar-refractivity contribution in [2.45, 2.75) is 13.8 Å². The third kappa shape index (κ3) is 1.25. The second-order valence-corrected chi connectivity index (χ2v) is 3.82. The van der Waals surface area contributed by atoms with Gasteiger partial charge in [0, 0.05) is 13.1 Å². The minimum Gasteiger partial charge on any atom is -0.481 e. The van der Waals surface area contributed by atoms with E-state index in [2.05, 4.69) is 4.90 Å². The molecule has 1 heterocycles. The van der Waals surface area contributed by atoms with Gasteiger partial charge in [0.15, 0.2) is 0 Å². The first-order valence-corrected chi connectivity index (χ1v) is 3.89. The van der Waals surface area contributed by atoms with E-state index in [9.17, 15) is 4.79 Å². The molecule has 3 nitrogen and oxygen atoms in total. The Kier molecular flexibility index (Phi) is 1.92. The monoisotopic (exact) mass is 157 g/mol. The molecule has 0 aliphatic carbocycles. The Bertz CT molecular complexity index is 181. The van der Waals surface area contributed by atoms with Crippen LogP contribution in [0, 0.1) is 11.3 Å². The summed E-state index contributed by atoms with van der Waals surface area (Å²) in [6.07, 6.45) is 0. The molecule has 1 aliphatic rings. The predicted molar refractivity (Wildman–Crippen MR) is 42.4 cm³/mol. The molecule has 11 heavy (non-hydrogen) atoms. The lowest BCUT2D eigenvalue weighted by atomic mass is 9.81. The SMILES string of the molecule is CC1CN(C)CC1(C)C(=O)O. The number of carboxylic acid groups (broad SMARTS) is 1. The molecule has 1 rings (SSSR count). The lowest BCUT2D eigenvalue weighted by Crippen LogP contribution is -2.34. The van der Waals surface area contributed by atoms with Crippen LogP contribution in [0.15, 0.2) is 0 Å². The summed E-state index contributed by atoms with van der Waals surface area (Å²) in [6.45, 7) is 5.38. The molecule has 0 saturated carbocycles. The molecule has 0 radical (unpaired) electrons. The molecule has 0 aromatic rings. The van der Waals surface area contributed by atoms with Gasteiger partial charge in [-0.25, -0.2) is 0 Å². The zero-order valence-corrected chi connectivity index (χ0v) is 7.29. The summed E-state index contributed by atoms with van der Waals surface area (Å²) >= 11 is 0. The van der Waals surface area contributed by atoms with E-state index in [0.29, 0.717) is 6.54 Å². The highest BCUT2D eigenvalue weighted by Crippen LogP contribution is 2.34. The van der Waals surface area contributed by atoms with Crippen LogP contribution in [0.25, 0.3) is 0 Å². The van der Waals surface area contributed by atoms with Crippen LogP contribution in [0.5, 0.6) is 0 Å². The smallest absolute Gasteiger partial charge is 0.310 e. The summed E-state index contributed by atoms with van der Waals surface area (Å²) in [4.78, 5) is 12.9. The van der Waals surface area contributed by atoms with Crippen LogP contribution in [0.4, 0.5) is 0 Å². The minimum absolute atomic E-state index is 0.255. The zero-order valence-electron chi connectivity index (χ0n) is 7.29. The van der Waals surface area contributed by atoms with E-state index in [0.717, 1.165) is 6.54 Å². The van der Waals surface area contributed by atoms with Crippen molar-refractivity contribution in [1.82, 2.24) is 4.90 Å². The molecule has 1 saturated heterocycles. The quantitative estimate of drug-likeness (QED) is 0.608. The van der Waals surface area contributed by atoms with Gasteiger partial charge in [-0.1, -0.05) is 6.92 Å². The fourth-order valence-electron chi connectivity index (χ4n) is 1.73. The number of hydrogen-bond acceptors (Lipinski definition) is 2. The highest BCUT2D eigenvalue weighted by atomic mass is 16.4. The van der Waals surface area contributed by atoms with E-state index in [1.54, 1.807) is 0 Å². The molecule has 0 spiro atoms. The van der Waals surface area contributed by atoms with E-state index < -0.39 is 11.4 Å². The van der Waals surface area contributed by atoms with E-state index in [4.69, 9.17) is 5.11 Å². The molecule has 64 valence electrons. The third-order valence-corrected chi connectivity index (χ3v) is 2.76. The summed E-state index contributed by atoms with van der Waals surface area (Å²) in [5.74, 6) is -0.417. The first-order valence-electron chi connectivity index (χ1n) is 3.89. The normalized spacial score (nSPS) is 39.4. The average Bonchev–Trinajstić information content (AvgIpc) is 2.08. The Labute approximate surface area is 67.0 Å². The topological polar surface area (TPSA) is 40.5 Å². The highest BCUT2D eigenvalue weighted by molar-refractivity contribution is 5.75. The van der Waals surface area contributed by atoms with Gasteiger partial charge in [0.05, 0.1) is 5.41 Å². The standard InChI is InChI=1S/C8H15NO2/c1-6-4-9(3)5-8(6,2)7(10)11/h6H,4-5H2,1-3H3,(H,10,11). The van der Waals surface area contributed by atoms with Gasteiger partial charge in [0.25, 0.3) is 0 Å². The predicted octanol–water partition coefficient (Wildman–Crippen LogP) is 0.659. The van der Waals surface area contributed by atoms with Crippen LogP contribution in [-0.2, 0) is 4.79 Å². The molecular formula is C8H15NO2. The molecule has 1 aliphatic heterocycles. The van der Waals surface area contributed by atoms with Crippen molar-refractivity contribution in [2.75, 3.05) is 20.1 Å². The molecule has 0 aromatic carbocycles. The Hall–Kier alpha value is -0.570. The fraction of sp³-hybridized carbons (Fsp3) is 0.875. The number of carboxylic acids is 1. The van der Waals surface area contributed by atoms with Crippen LogP contribution in [0.2, 0.25) is 0 Å². The van der Waals surface area contributed by atoms with E-state index >= 15 is 0 Å². The summed E-state index contributed by atoms with van der Waals surface area (Å²) in [5, 5.41) is 8.93. The number of likely N-dealkylation sites (tertiary alicyclic amines) is 1. The molecule has 0 bridgehead atoms. The second-order valence-electron chi connectivity index (χ2n) is 3.82. The number of carbonyl (C=O) groups is 1. The second kappa shape index (κ2) is 2.48. The maximum absolute atomic E-state index is 10.9. The number of hydrogen-bond donors (Lipinski definition) is 1. The number of nitrogens with zero attached hydrogens (tertiary/aromatic N) is 1. The van der Waals surface area contributed by atoms with Gasteiger partial charge in [-0.3, -0.25) is 4.79 Å². The van der Waals surface area contributed by atoms with Crippen molar-refractivity contribution in [1.29, 1.82) is 0 Å². The first kappa shape index (κ1) is 8.53. The summed E-state index contributed by atoms with van der Waals surface area (Å²) in [6, 6.07) is 0. The van der Waals surface area contributed by atoms with Crippen molar-refractivity contribution in [3.05, 3.63) is 0 Å². The van der Waals surface area contributed by atoms with E-state index in [-0.39, 0.29) is 5.92 Å². The van der Waals surface area contributed by atoms with Crippen LogP contribution < -0.4 is 0 Å². The Balaban J connectivity index is 2.79. The minimum atomic E-state index is -0.672. The van der Waals surface area contributed by atoms with E-state index in [1.165, 1.54) is 0 Å². The maximum Gasteiger partial charge on any atom is 0.310 e. The van der Waals surface area contributed by atoms with Gasteiger partial charge in [-0.2, -0.15) is 0 Å². The first-order chi connectivity index (χ1) is 4.97. The summed E-state index contributed by atoms with van der Waals surface area (Å²) in [5.41, 5.74) is -0.533. The molecular weight excluding hydrogens is 142 g/mol. The fourth-order valence-corrected chi connectivity index (χ4v) is 1.73. The van der Waals surface area contributed by atoms with Crippen LogP contribution in [-0.4, -0.2) is 36.1 Å². The summed E-state index contributed by atoms with van der Waals surface area (Å²) < 4.78 is 0. The van der Waals surface area contributed by atoms with Gasteiger partial charge in [-0.05, 0) is 19.9 Å². The van der Waals surface area contributed by atoms with Gasteiger partial charge in [0.2, 0.25) is 0 Å². The third-order valence-electron chi connectivity index (χ3n) is 2.76. The molecule has 1 fully saturated rings. The highest BCUT2D eigenvalue weighted by Gasteiger charge is 2.44. The number of rotatable bonds is 1. The molecule has 3 heteroatoms. The Morgan fingerprint density at radius 1 is 1.73 bits per heavy atom. The van der Waals surface area contributed by atoms with Crippen molar-refractivity contribution < 1.29 is 9.90 Å². The lowest BCUT2D eigenvalue weighted by Gasteiger charge is -2.22. The van der Waals surface area contributed by atoms with Crippen molar-refractivity contribution in [3.63, 3.8) is 0 Å². The van der Waals surface area contributed by atoms with Crippen LogP contribution >= 0.6 is 0 Å². The van der Waals surface area contributed by atoms with Crippen LogP contribution in [0.1, 0.15) is 13.8 Å². The molecule has 0 aromatic heterocycles. The lowest BCUT2D eigenvalue weighted by molar-refractivity contribution is -0.149. The maximum atomic E-state index is 10.9.